The molecule has 0 amide bonds. The second-order valence-electron chi connectivity index (χ2n) is 8.79. The first kappa shape index (κ1) is 25.0. The molecule has 1 N–H and O–H groups in total. The van der Waals surface area contributed by atoms with E-state index in [9.17, 15) is 9.59 Å². The lowest BCUT2D eigenvalue weighted by Crippen LogP contribution is -2.44. The van der Waals surface area contributed by atoms with Gasteiger partial charge in [0, 0.05) is 30.3 Å². The summed E-state index contributed by atoms with van der Waals surface area (Å²) >= 11 is 1.14. The number of hydrogen-bond donors (Lipinski definition) is 1. The number of aromatic nitrogens is 2. The quantitative estimate of drug-likeness (QED) is 0.281. The van der Waals surface area contributed by atoms with Crippen molar-refractivity contribution in [2.24, 2.45) is 0 Å². The van der Waals surface area contributed by atoms with E-state index < -0.39 is 32.1 Å². The average molecular weight is 471 g/mol. The highest BCUT2D eigenvalue weighted by Gasteiger charge is 2.44. The SMILES string of the molecule is [B]CSOCC1OC(n2cc(C)c(=O)[nH]c2=O)CC1OP1OC(C)CCN1C(C)(C)C. The van der Waals surface area contributed by atoms with E-state index in [2.05, 4.69) is 30.4 Å². The molecule has 2 aliphatic rings. The van der Waals surface area contributed by atoms with Crippen LogP contribution in [0.3, 0.4) is 0 Å². The van der Waals surface area contributed by atoms with Gasteiger partial charge in [0.15, 0.2) is 0 Å². The van der Waals surface area contributed by atoms with Gasteiger partial charge in [-0.3, -0.25) is 14.3 Å². The highest BCUT2D eigenvalue weighted by atomic mass is 32.2. The van der Waals surface area contributed by atoms with Crippen molar-refractivity contribution in [3.63, 3.8) is 0 Å². The molecule has 3 rings (SSSR count). The summed E-state index contributed by atoms with van der Waals surface area (Å²) in [6, 6.07) is 0. The van der Waals surface area contributed by atoms with Crippen molar-refractivity contribution in [2.45, 2.75) is 77.5 Å². The molecule has 5 atom stereocenters. The van der Waals surface area contributed by atoms with E-state index in [4.69, 9.17) is 25.8 Å². The van der Waals surface area contributed by atoms with Gasteiger partial charge in [0.2, 0.25) is 0 Å². The molecule has 2 radical (unpaired) electrons. The summed E-state index contributed by atoms with van der Waals surface area (Å²) in [6.45, 7) is 11.3. The van der Waals surface area contributed by atoms with Gasteiger partial charge in [0.25, 0.3) is 14.1 Å². The molecular formula is C19H31BN3O6PS. The number of nitrogens with zero attached hydrogens (tertiary/aromatic N) is 2. The van der Waals surface area contributed by atoms with Crippen LogP contribution >= 0.6 is 20.6 Å². The summed E-state index contributed by atoms with van der Waals surface area (Å²) in [4.78, 5) is 26.5. The minimum Gasteiger partial charge on any atom is -0.349 e. The molecule has 0 spiro atoms. The Morgan fingerprint density at radius 1 is 1.39 bits per heavy atom. The minimum atomic E-state index is -1.30. The minimum absolute atomic E-state index is 0.106. The van der Waals surface area contributed by atoms with Gasteiger partial charge in [0.05, 0.1) is 26.7 Å². The highest BCUT2D eigenvalue weighted by Crippen LogP contribution is 2.54. The lowest BCUT2D eigenvalue weighted by molar-refractivity contribution is -0.0386. The van der Waals surface area contributed by atoms with Crippen LogP contribution in [0.5, 0.6) is 0 Å². The molecule has 2 fully saturated rings. The van der Waals surface area contributed by atoms with Crippen LogP contribution in [0.4, 0.5) is 0 Å². The van der Waals surface area contributed by atoms with Gasteiger partial charge < -0.3 is 18.0 Å². The molecule has 0 aromatic carbocycles. The van der Waals surface area contributed by atoms with Crippen molar-refractivity contribution in [1.29, 1.82) is 0 Å². The summed E-state index contributed by atoms with van der Waals surface area (Å²) in [5.74, 6) is 0. The monoisotopic (exact) mass is 471 g/mol. The van der Waals surface area contributed by atoms with E-state index in [0.717, 1.165) is 25.0 Å². The number of aromatic amines is 1. The Morgan fingerprint density at radius 3 is 2.81 bits per heavy atom. The van der Waals surface area contributed by atoms with Gasteiger partial charge in [-0.25, -0.2) is 9.46 Å². The van der Waals surface area contributed by atoms with Gasteiger partial charge in [-0.2, -0.15) is 0 Å². The molecule has 172 valence electrons. The fourth-order valence-electron chi connectivity index (χ4n) is 3.52. The second-order valence-corrected chi connectivity index (χ2v) is 11.0. The first-order valence-corrected chi connectivity index (χ1v) is 12.5. The van der Waals surface area contributed by atoms with Gasteiger partial charge in [-0.15, -0.1) is 0 Å². The highest BCUT2D eigenvalue weighted by molar-refractivity contribution is 7.95. The molecule has 2 saturated heterocycles. The van der Waals surface area contributed by atoms with E-state index in [1.807, 2.05) is 6.92 Å². The van der Waals surface area contributed by atoms with Crippen LogP contribution in [-0.2, 0) is 18.0 Å². The third-order valence-corrected chi connectivity index (χ3v) is 7.86. The standard InChI is InChI=1S/C19H31BN3O6PS/c1-12-9-22(18(25)21-17(12)24)16-8-14(15(27-16)10-26-31-11-20)29-30-23(19(3,4)5)7-6-13(2)28-30/h9,13-16H,6-8,10-11H2,1-5H3,(H,21,24,25). The van der Waals surface area contributed by atoms with Crippen LogP contribution < -0.4 is 11.2 Å². The van der Waals surface area contributed by atoms with Gasteiger partial charge in [0.1, 0.15) is 12.3 Å². The van der Waals surface area contributed by atoms with Crippen LogP contribution in [0.15, 0.2) is 15.8 Å². The smallest absolute Gasteiger partial charge is 0.330 e. The number of nitrogens with one attached hydrogen (secondary N) is 1. The van der Waals surface area contributed by atoms with Crippen molar-refractivity contribution in [3.05, 3.63) is 32.6 Å². The number of ether oxygens (including phenoxy) is 1. The first-order chi connectivity index (χ1) is 14.6. The normalized spacial score (nSPS) is 30.0. The Hall–Kier alpha value is -0.675. The fourth-order valence-corrected chi connectivity index (χ4v) is 5.76. The zero-order valence-corrected chi connectivity index (χ0v) is 20.4. The van der Waals surface area contributed by atoms with Crippen LogP contribution in [-0.4, -0.2) is 64.7 Å². The zero-order valence-electron chi connectivity index (χ0n) is 18.7. The van der Waals surface area contributed by atoms with E-state index >= 15 is 0 Å². The topological polar surface area (TPSA) is 95.0 Å². The van der Waals surface area contributed by atoms with E-state index in [1.54, 1.807) is 6.92 Å². The van der Waals surface area contributed by atoms with Crippen LogP contribution in [0, 0.1) is 6.92 Å². The van der Waals surface area contributed by atoms with E-state index in [0.29, 0.717) is 17.6 Å². The number of aryl methyl sites for hydroxylation is 1. The Bertz CT molecular complexity index is 862. The Kier molecular flexibility index (Phi) is 8.46. The van der Waals surface area contributed by atoms with Crippen molar-refractivity contribution in [3.8, 4) is 0 Å². The van der Waals surface area contributed by atoms with E-state index in [1.165, 1.54) is 10.8 Å². The Labute approximate surface area is 189 Å². The Morgan fingerprint density at radius 2 is 2.13 bits per heavy atom. The second kappa shape index (κ2) is 10.5. The fraction of sp³-hybridized carbons (Fsp3) is 0.789. The van der Waals surface area contributed by atoms with Crippen LogP contribution in [0.2, 0.25) is 0 Å². The predicted octanol–water partition coefficient (Wildman–Crippen LogP) is 2.44. The van der Waals surface area contributed by atoms with Gasteiger partial charge >= 0.3 is 5.69 Å². The van der Waals surface area contributed by atoms with E-state index in [-0.39, 0.29) is 24.4 Å². The maximum absolute atomic E-state index is 12.4. The summed E-state index contributed by atoms with van der Waals surface area (Å²) in [7, 11) is 4.21. The maximum atomic E-state index is 12.4. The number of H-pyrrole nitrogens is 1. The van der Waals surface area contributed by atoms with Crippen LogP contribution in [0.1, 0.15) is 52.3 Å². The summed E-state index contributed by atoms with van der Waals surface area (Å²) in [5.41, 5.74) is -0.265. The van der Waals surface area contributed by atoms with Crippen molar-refractivity contribution < 1.29 is 18.0 Å². The third-order valence-electron chi connectivity index (χ3n) is 5.23. The maximum Gasteiger partial charge on any atom is 0.330 e. The summed E-state index contributed by atoms with van der Waals surface area (Å²) in [5, 5.41) is 0. The molecule has 31 heavy (non-hydrogen) atoms. The molecule has 5 unspecified atom stereocenters. The third kappa shape index (κ3) is 6.22. The Balaban J connectivity index is 1.81. The van der Waals surface area contributed by atoms with Crippen LogP contribution in [0.25, 0.3) is 0 Å². The number of hydrogen-bond acceptors (Lipinski definition) is 8. The largest absolute Gasteiger partial charge is 0.349 e. The molecule has 3 heterocycles. The molecule has 0 bridgehead atoms. The van der Waals surface area contributed by atoms with Crippen molar-refractivity contribution >= 4 is 28.4 Å². The lowest BCUT2D eigenvalue weighted by atomic mass is 10.1. The predicted molar refractivity (Wildman–Crippen MR) is 122 cm³/mol. The number of rotatable bonds is 7. The summed E-state index contributed by atoms with van der Waals surface area (Å²) < 4.78 is 28.0. The molecule has 1 aromatic heterocycles. The lowest BCUT2D eigenvalue weighted by Gasteiger charge is -2.44. The van der Waals surface area contributed by atoms with Crippen molar-refractivity contribution in [2.75, 3.05) is 18.8 Å². The first-order valence-electron chi connectivity index (χ1n) is 10.4. The summed E-state index contributed by atoms with van der Waals surface area (Å²) in [6.07, 6.45) is 1.67. The average Bonchev–Trinajstić information content (AvgIpc) is 3.06. The molecule has 2 aliphatic heterocycles. The van der Waals surface area contributed by atoms with Gasteiger partial charge in [-0.05, 0) is 58.7 Å². The zero-order chi connectivity index (χ0) is 22.8. The van der Waals surface area contributed by atoms with Crippen molar-refractivity contribution in [1.82, 2.24) is 14.2 Å². The molecular weight excluding hydrogens is 440 g/mol. The molecule has 0 saturated carbocycles. The molecule has 0 aliphatic carbocycles. The molecule has 1 aromatic rings. The van der Waals surface area contributed by atoms with Gasteiger partial charge in [-0.1, -0.05) is 0 Å². The molecule has 9 nitrogen and oxygen atoms in total. The molecule has 12 heteroatoms.